The number of hydrogen-bond donors (Lipinski definition) is 0. The molecule has 0 aliphatic carbocycles. The number of fused-ring (bicyclic) bond motifs is 5. The van der Waals surface area contributed by atoms with Crippen LogP contribution in [0.1, 0.15) is 30.5 Å². The molecule has 7 aromatic rings. The van der Waals surface area contributed by atoms with Crippen molar-refractivity contribution in [2.75, 3.05) is 4.90 Å². The smallest absolute Gasteiger partial charge is 0.101 e. The first kappa shape index (κ1) is 25.1. The molecule has 43 heavy (non-hydrogen) atoms. The summed E-state index contributed by atoms with van der Waals surface area (Å²) in [5.41, 5.74) is 11.6. The summed E-state index contributed by atoms with van der Waals surface area (Å²) in [7, 11) is 0. The molecule has 0 atom stereocenters. The van der Waals surface area contributed by atoms with Crippen LogP contribution in [0.5, 0.6) is 0 Å². The zero-order valence-corrected chi connectivity index (χ0v) is 24.1. The molecular weight excluding hydrogens is 522 g/mol. The summed E-state index contributed by atoms with van der Waals surface area (Å²) in [5.74, 6) is 0. The van der Waals surface area contributed by atoms with Gasteiger partial charge >= 0.3 is 0 Å². The van der Waals surface area contributed by atoms with Crippen molar-refractivity contribution in [2.45, 2.75) is 19.3 Å². The highest BCUT2D eigenvalue weighted by Crippen LogP contribution is 2.53. The number of hydrogen-bond acceptors (Lipinski definition) is 2. The number of rotatable bonds is 3. The Morgan fingerprint density at radius 2 is 1.00 bits per heavy atom. The quantitative estimate of drug-likeness (QED) is 0.219. The highest BCUT2D eigenvalue weighted by Gasteiger charge is 2.37. The molecule has 0 amide bonds. The Bertz CT molecular complexity index is 2140. The molecule has 1 aliphatic heterocycles. The molecule has 0 saturated heterocycles. The fourth-order valence-corrected chi connectivity index (χ4v) is 7.08. The van der Waals surface area contributed by atoms with Gasteiger partial charge in [0.25, 0.3) is 0 Å². The number of benzene rings is 6. The lowest BCUT2D eigenvalue weighted by molar-refractivity contribution is 0.632. The van der Waals surface area contributed by atoms with Crippen LogP contribution in [0.3, 0.4) is 0 Å². The third-order valence-corrected chi connectivity index (χ3v) is 9.03. The van der Waals surface area contributed by atoms with E-state index in [1.807, 2.05) is 12.1 Å². The van der Waals surface area contributed by atoms with Gasteiger partial charge in [-0.3, -0.25) is 0 Å². The normalized spacial score (nSPS) is 13.5. The van der Waals surface area contributed by atoms with Crippen molar-refractivity contribution in [3.63, 3.8) is 0 Å². The van der Waals surface area contributed by atoms with E-state index in [0.717, 1.165) is 33.5 Å². The molecule has 204 valence electrons. The van der Waals surface area contributed by atoms with Crippen LogP contribution in [-0.4, -0.2) is 4.57 Å². The predicted octanol–water partition coefficient (Wildman–Crippen LogP) is 10.4. The fraction of sp³-hybridized carbons (Fsp3) is 0.0750. The van der Waals surface area contributed by atoms with Crippen LogP contribution in [0.2, 0.25) is 0 Å². The number of nitriles is 1. The molecular formula is C40H29N3. The minimum absolute atomic E-state index is 0.145. The van der Waals surface area contributed by atoms with Crippen molar-refractivity contribution in [3.05, 3.63) is 156 Å². The van der Waals surface area contributed by atoms with Gasteiger partial charge in [0.15, 0.2) is 0 Å². The maximum atomic E-state index is 10.5. The first-order valence-corrected chi connectivity index (χ1v) is 14.7. The summed E-state index contributed by atoms with van der Waals surface area (Å²) in [6.07, 6.45) is 0. The Hall–Kier alpha value is -5.59. The fourth-order valence-electron chi connectivity index (χ4n) is 7.08. The van der Waals surface area contributed by atoms with E-state index in [-0.39, 0.29) is 5.41 Å². The van der Waals surface area contributed by atoms with E-state index in [0.29, 0.717) is 5.56 Å². The molecule has 6 aromatic carbocycles. The molecule has 0 saturated carbocycles. The molecule has 0 fully saturated rings. The molecule has 8 rings (SSSR count). The summed E-state index contributed by atoms with van der Waals surface area (Å²) >= 11 is 0. The van der Waals surface area contributed by atoms with Crippen LogP contribution >= 0.6 is 0 Å². The second kappa shape index (κ2) is 9.48. The van der Waals surface area contributed by atoms with Crippen molar-refractivity contribution >= 4 is 38.9 Å². The van der Waals surface area contributed by atoms with E-state index >= 15 is 0 Å². The van der Waals surface area contributed by atoms with Gasteiger partial charge in [0.1, 0.15) is 6.07 Å². The topological polar surface area (TPSA) is 32.0 Å². The average molecular weight is 552 g/mol. The summed E-state index contributed by atoms with van der Waals surface area (Å²) < 4.78 is 2.27. The van der Waals surface area contributed by atoms with E-state index in [1.165, 1.54) is 33.3 Å². The van der Waals surface area contributed by atoms with Crippen molar-refractivity contribution in [2.24, 2.45) is 0 Å². The summed E-state index contributed by atoms with van der Waals surface area (Å²) in [6.45, 7) is 4.62. The number of aromatic nitrogens is 1. The molecule has 0 bridgehead atoms. The van der Waals surface area contributed by atoms with Gasteiger partial charge in [0.2, 0.25) is 0 Å². The van der Waals surface area contributed by atoms with Gasteiger partial charge in [-0.05, 0) is 47.5 Å². The molecule has 1 aliphatic rings. The molecule has 3 heteroatoms. The molecule has 0 spiro atoms. The number of para-hydroxylation sites is 6. The number of nitrogens with zero attached hydrogens (tertiary/aromatic N) is 3. The monoisotopic (exact) mass is 551 g/mol. The van der Waals surface area contributed by atoms with Gasteiger partial charge < -0.3 is 9.47 Å². The van der Waals surface area contributed by atoms with Crippen molar-refractivity contribution in [1.82, 2.24) is 4.57 Å². The first-order chi connectivity index (χ1) is 21.1. The number of anilines is 3. The summed E-state index contributed by atoms with van der Waals surface area (Å²) in [5, 5.41) is 12.8. The third-order valence-electron chi connectivity index (χ3n) is 9.03. The van der Waals surface area contributed by atoms with E-state index in [2.05, 4.69) is 157 Å². The molecule has 2 heterocycles. The van der Waals surface area contributed by atoms with Gasteiger partial charge in [0.05, 0.1) is 39.3 Å². The van der Waals surface area contributed by atoms with Gasteiger partial charge in [-0.1, -0.05) is 117 Å². The van der Waals surface area contributed by atoms with E-state index < -0.39 is 0 Å². The van der Waals surface area contributed by atoms with Crippen LogP contribution in [0, 0.1) is 11.3 Å². The highest BCUT2D eigenvalue weighted by atomic mass is 15.2. The third kappa shape index (κ3) is 3.60. The van der Waals surface area contributed by atoms with Crippen molar-refractivity contribution in [1.29, 1.82) is 5.26 Å². The molecule has 3 nitrogen and oxygen atoms in total. The zero-order chi connectivity index (χ0) is 29.1. The molecule has 0 unspecified atom stereocenters. The van der Waals surface area contributed by atoms with Crippen LogP contribution < -0.4 is 4.90 Å². The Morgan fingerprint density at radius 3 is 1.60 bits per heavy atom. The molecule has 0 radical (unpaired) electrons. The zero-order valence-electron chi connectivity index (χ0n) is 24.1. The maximum absolute atomic E-state index is 10.5. The van der Waals surface area contributed by atoms with E-state index in [9.17, 15) is 5.26 Å². The lowest BCUT2D eigenvalue weighted by Crippen LogP contribution is -2.30. The average Bonchev–Trinajstić information content (AvgIpc) is 3.39. The van der Waals surface area contributed by atoms with Crippen molar-refractivity contribution in [3.8, 4) is 22.9 Å². The van der Waals surface area contributed by atoms with Gasteiger partial charge in [-0.25, -0.2) is 0 Å². The van der Waals surface area contributed by atoms with Gasteiger partial charge in [-0.2, -0.15) is 5.26 Å². The molecule has 0 N–H and O–H groups in total. The lowest BCUT2D eigenvalue weighted by atomic mass is 9.73. The summed E-state index contributed by atoms with van der Waals surface area (Å²) in [6, 6.07) is 51.6. The first-order valence-electron chi connectivity index (χ1n) is 14.7. The van der Waals surface area contributed by atoms with Crippen LogP contribution in [0.4, 0.5) is 17.1 Å². The highest BCUT2D eigenvalue weighted by molar-refractivity contribution is 6.10. The standard InChI is InChI=1S/C40H29N3/c1-40(2)32-19-6-11-24-37(32)42(38-25-12-7-20-33(38)40)34-21-8-5-17-30(34)31-18-13-14-27(26-41)39(31)43-35-22-9-3-15-28(35)29-16-4-10-23-36(29)43/h3-25H,1-2H3. The van der Waals surface area contributed by atoms with E-state index in [4.69, 9.17) is 0 Å². The Labute approximate surface area is 251 Å². The minimum Gasteiger partial charge on any atom is -0.309 e. The maximum Gasteiger partial charge on any atom is 0.101 e. The minimum atomic E-state index is -0.145. The van der Waals surface area contributed by atoms with Gasteiger partial charge in [-0.15, -0.1) is 0 Å². The second-order valence-corrected chi connectivity index (χ2v) is 11.7. The van der Waals surface area contributed by atoms with E-state index in [1.54, 1.807) is 0 Å². The lowest BCUT2D eigenvalue weighted by Gasteiger charge is -2.42. The summed E-state index contributed by atoms with van der Waals surface area (Å²) in [4.78, 5) is 2.40. The Kier molecular flexibility index (Phi) is 5.54. The van der Waals surface area contributed by atoms with Crippen LogP contribution in [0.15, 0.2) is 140 Å². The SMILES string of the molecule is CC1(C)c2ccccc2N(c2ccccc2-c2cccc(C#N)c2-n2c3ccccc3c3ccccc32)c2ccccc21. The molecule has 1 aromatic heterocycles. The van der Waals surface area contributed by atoms with Crippen LogP contribution in [0.25, 0.3) is 38.6 Å². The van der Waals surface area contributed by atoms with Crippen molar-refractivity contribution < 1.29 is 0 Å². The largest absolute Gasteiger partial charge is 0.309 e. The van der Waals surface area contributed by atoms with Gasteiger partial charge in [0, 0.05) is 27.3 Å². The Morgan fingerprint density at radius 1 is 0.512 bits per heavy atom. The predicted molar refractivity (Wildman–Crippen MR) is 178 cm³/mol. The second-order valence-electron chi connectivity index (χ2n) is 11.7. The van der Waals surface area contributed by atoms with Crippen LogP contribution in [-0.2, 0) is 5.41 Å². The Balaban J connectivity index is 1.46.